The van der Waals surface area contributed by atoms with Crippen LogP contribution in [0.15, 0.2) is 17.1 Å². The fourth-order valence-corrected chi connectivity index (χ4v) is 1.59. The fourth-order valence-electron chi connectivity index (χ4n) is 1.59. The molecule has 2 rings (SSSR count). The molecular weight excluding hydrogens is 312 g/mol. The SMILES string of the molecule is CN=C(NNC)C(N)=O.O=C1CCOc2cc(F)cc(F)c2N1. The van der Waals surface area contributed by atoms with Crippen LogP contribution in [0.4, 0.5) is 14.5 Å². The maximum atomic E-state index is 13.2. The highest BCUT2D eigenvalue weighted by Gasteiger charge is 2.18. The van der Waals surface area contributed by atoms with E-state index in [4.69, 9.17) is 10.5 Å². The number of amides is 2. The zero-order chi connectivity index (χ0) is 17.4. The van der Waals surface area contributed by atoms with E-state index in [0.29, 0.717) is 6.07 Å². The number of carbonyl (C=O) groups excluding carboxylic acids is 2. The lowest BCUT2D eigenvalue weighted by molar-refractivity contribution is -0.116. The molecule has 10 heteroatoms. The number of primary amides is 1. The summed E-state index contributed by atoms with van der Waals surface area (Å²) in [6, 6.07) is 1.75. The van der Waals surface area contributed by atoms with Crippen LogP contribution in [0, 0.1) is 11.6 Å². The highest BCUT2D eigenvalue weighted by molar-refractivity contribution is 6.37. The van der Waals surface area contributed by atoms with E-state index >= 15 is 0 Å². The number of nitrogens with two attached hydrogens (primary N) is 1. The van der Waals surface area contributed by atoms with Crippen molar-refractivity contribution in [1.82, 2.24) is 10.9 Å². The van der Waals surface area contributed by atoms with Gasteiger partial charge in [0.05, 0.1) is 13.0 Å². The van der Waals surface area contributed by atoms with Gasteiger partial charge >= 0.3 is 0 Å². The van der Waals surface area contributed by atoms with E-state index in [9.17, 15) is 18.4 Å². The molecule has 5 N–H and O–H groups in total. The van der Waals surface area contributed by atoms with Crippen molar-refractivity contribution in [2.24, 2.45) is 10.7 Å². The van der Waals surface area contributed by atoms with E-state index in [1.807, 2.05) is 0 Å². The van der Waals surface area contributed by atoms with Crippen molar-refractivity contribution in [3.63, 3.8) is 0 Å². The lowest BCUT2D eigenvalue weighted by Crippen LogP contribution is -2.42. The Labute approximate surface area is 131 Å². The Morgan fingerprint density at radius 2 is 2.13 bits per heavy atom. The summed E-state index contributed by atoms with van der Waals surface area (Å²) in [6.45, 7) is 0.127. The van der Waals surface area contributed by atoms with Gasteiger partial charge in [0.1, 0.15) is 17.3 Å². The molecule has 0 unspecified atom stereocenters. The number of carbonyl (C=O) groups is 2. The first-order valence-electron chi connectivity index (χ1n) is 6.50. The minimum absolute atomic E-state index is 0.0355. The van der Waals surface area contributed by atoms with Crippen molar-refractivity contribution in [3.8, 4) is 5.75 Å². The number of fused-ring (bicyclic) bond motifs is 1. The number of hydrogen-bond acceptors (Lipinski definition) is 5. The number of rotatable bonds is 1. The molecule has 0 saturated carbocycles. The monoisotopic (exact) mass is 329 g/mol. The van der Waals surface area contributed by atoms with E-state index in [-0.39, 0.29) is 36.2 Å². The molecule has 0 aromatic heterocycles. The fraction of sp³-hybridized carbons (Fsp3) is 0.308. The van der Waals surface area contributed by atoms with Gasteiger partial charge in [0.2, 0.25) is 11.7 Å². The first kappa shape index (κ1) is 18.3. The van der Waals surface area contributed by atoms with Crippen LogP contribution in [0.3, 0.4) is 0 Å². The number of benzene rings is 1. The Morgan fingerprint density at radius 1 is 1.43 bits per heavy atom. The lowest BCUT2D eigenvalue weighted by atomic mass is 10.2. The standard InChI is InChI=1S/C9H7F2NO2.C4H10N4O/c10-5-3-6(11)9-7(4-5)14-2-1-8(13)12-9;1-6-4(3(5)9)8-7-2/h3-4H,1-2H2,(H,12,13);7H,1-2H3,(H2,5,9)(H,6,8). The van der Waals surface area contributed by atoms with E-state index in [1.54, 1.807) is 7.05 Å². The summed E-state index contributed by atoms with van der Waals surface area (Å²) >= 11 is 0. The van der Waals surface area contributed by atoms with Gasteiger partial charge in [-0.25, -0.2) is 14.2 Å². The van der Waals surface area contributed by atoms with Gasteiger partial charge < -0.3 is 21.2 Å². The number of halogens is 2. The molecule has 0 atom stereocenters. The third kappa shape index (κ3) is 5.51. The maximum Gasteiger partial charge on any atom is 0.285 e. The van der Waals surface area contributed by atoms with Crippen LogP contribution in [-0.2, 0) is 9.59 Å². The summed E-state index contributed by atoms with van der Waals surface area (Å²) in [5.41, 5.74) is 9.75. The number of ether oxygens (including phenoxy) is 1. The summed E-state index contributed by atoms with van der Waals surface area (Å²) in [7, 11) is 3.10. The van der Waals surface area contributed by atoms with Crippen molar-refractivity contribution < 1.29 is 23.1 Å². The molecule has 1 aliphatic heterocycles. The van der Waals surface area contributed by atoms with Gasteiger partial charge in [0, 0.05) is 26.2 Å². The van der Waals surface area contributed by atoms with Crippen molar-refractivity contribution in [1.29, 1.82) is 0 Å². The predicted molar refractivity (Wildman–Crippen MR) is 79.8 cm³/mol. The normalized spacial score (nSPS) is 13.6. The molecule has 1 aliphatic rings. The van der Waals surface area contributed by atoms with Crippen molar-refractivity contribution in [2.45, 2.75) is 6.42 Å². The first-order chi connectivity index (χ1) is 10.9. The highest BCUT2D eigenvalue weighted by atomic mass is 19.1. The molecule has 0 aliphatic carbocycles. The molecule has 1 aromatic carbocycles. The minimum Gasteiger partial charge on any atom is -0.491 e. The zero-order valence-electron chi connectivity index (χ0n) is 12.6. The molecular formula is C13H17F2N5O3. The van der Waals surface area contributed by atoms with E-state index in [2.05, 4.69) is 21.2 Å². The summed E-state index contributed by atoms with van der Waals surface area (Å²) in [5.74, 6) is -2.31. The molecule has 0 spiro atoms. The van der Waals surface area contributed by atoms with Crippen LogP contribution in [-0.4, -0.2) is 38.4 Å². The average molecular weight is 329 g/mol. The Bertz CT molecular complexity index is 622. The first-order valence-corrected chi connectivity index (χ1v) is 6.50. The van der Waals surface area contributed by atoms with Crippen LogP contribution in [0.1, 0.15) is 6.42 Å². The van der Waals surface area contributed by atoms with Crippen molar-refractivity contribution in [3.05, 3.63) is 23.8 Å². The quantitative estimate of drug-likeness (QED) is 0.326. The summed E-state index contributed by atoms with van der Waals surface area (Å²) in [6.07, 6.45) is 0.135. The van der Waals surface area contributed by atoms with Crippen LogP contribution in [0.25, 0.3) is 0 Å². The second-order valence-electron chi connectivity index (χ2n) is 4.22. The Balaban J connectivity index is 0.000000257. The van der Waals surface area contributed by atoms with Gasteiger partial charge in [-0.05, 0) is 0 Å². The van der Waals surface area contributed by atoms with Gasteiger partial charge in [-0.15, -0.1) is 0 Å². The molecule has 2 amide bonds. The number of nitrogens with zero attached hydrogens (tertiary/aromatic N) is 1. The Hall–Kier alpha value is -2.75. The van der Waals surface area contributed by atoms with Crippen molar-refractivity contribution >= 4 is 23.3 Å². The topological polar surface area (TPSA) is 118 Å². The number of hydrogen-bond donors (Lipinski definition) is 4. The smallest absolute Gasteiger partial charge is 0.285 e. The number of amidine groups is 1. The molecule has 0 radical (unpaired) electrons. The molecule has 126 valence electrons. The van der Waals surface area contributed by atoms with E-state index in [0.717, 1.165) is 6.07 Å². The maximum absolute atomic E-state index is 13.2. The summed E-state index contributed by atoms with van der Waals surface area (Å²) < 4.78 is 30.9. The third-order valence-corrected chi connectivity index (χ3v) is 2.57. The zero-order valence-corrected chi connectivity index (χ0v) is 12.6. The van der Waals surface area contributed by atoms with Gasteiger partial charge in [0.15, 0.2) is 5.82 Å². The molecule has 1 aromatic rings. The molecule has 1 heterocycles. The van der Waals surface area contributed by atoms with Gasteiger partial charge in [-0.2, -0.15) is 0 Å². The number of hydrazine groups is 1. The second-order valence-corrected chi connectivity index (χ2v) is 4.22. The van der Waals surface area contributed by atoms with Crippen molar-refractivity contribution in [2.75, 3.05) is 26.0 Å². The average Bonchev–Trinajstić information content (AvgIpc) is 2.66. The highest BCUT2D eigenvalue weighted by Crippen LogP contribution is 2.30. The summed E-state index contributed by atoms with van der Waals surface area (Å²) in [4.78, 5) is 24.9. The van der Waals surface area contributed by atoms with Gasteiger partial charge in [0.25, 0.3) is 5.91 Å². The van der Waals surface area contributed by atoms with Gasteiger partial charge in [-0.3, -0.25) is 14.6 Å². The van der Waals surface area contributed by atoms with Crippen LogP contribution in [0.5, 0.6) is 5.75 Å². The van der Waals surface area contributed by atoms with Crippen LogP contribution < -0.4 is 26.6 Å². The number of aliphatic imine (C=N–C) groups is 1. The van der Waals surface area contributed by atoms with E-state index < -0.39 is 17.5 Å². The van der Waals surface area contributed by atoms with Crippen LogP contribution in [0.2, 0.25) is 0 Å². The second kappa shape index (κ2) is 8.63. The Kier molecular flexibility index (Phi) is 6.87. The minimum atomic E-state index is -0.824. The lowest BCUT2D eigenvalue weighted by Gasteiger charge is -2.07. The number of anilines is 1. The summed E-state index contributed by atoms with van der Waals surface area (Å²) in [5, 5.41) is 2.31. The molecule has 0 saturated heterocycles. The van der Waals surface area contributed by atoms with E-state index in [1.165, 1.54) is 7.05 Å². The van der Waals surface area contributed by atoms with Gasteiger partial charge in [-0.1, -0.05) is 0 Å². The molecule has 0 bridgehead atoms. The Morgan fingerprint density at radius 3 is 2.65 bits per heavy atom. The third-order valence-electron chi connectivity index (χ3n) is 2.57. The van der Waals surface area contributed by atoms with Crippen LogP contribution >= 0.6 is 0 Å². The molecule has 8 nitrogen and oxygen atoms in total. The molecule has 23 heavy (non-hydrogen) atoms. The predicted octanol–water partition coefficient (Wildman–Crippen LogP) is -0.0902. The molecule has 0 fully saturated rings. The number of nitrogens with one attached hydrogen (secondary N) is 3. The largest absolute Gasteiger partial charge is 0.491 e.